The lowest BCUT2D eigenvalue weighted by Gasteiger charge is -2.26. The Kier molecular flexibility index (Phi) is 4.91. The summed E-state index contributed by atoms with van der Waals surface area (Å²) in [5.74, 6) is -0.489. The number of carbonyl (C=O) groups is 1. The predicted molar refractivity (Wildman–Crippen MR) is 71.3 cm³/mol. The summed E-state index contributed by atoms with van der Waals surface area (Å²) < 4.78 is 13.0. The number of hydrogen-bond donors (Lipinski definition) is 2. The van der Waals surface area contributed by atoms with Crippen molar-refractivity contribution in [1.29, 1.82) is 0 Å². The molecule has 1 atom stereocenters. The molecule has 0 aliphatic heterocycles. The maximum atomic E-state index is 13.0. The molecule has 1 aliphatic carbocycles. The molecular formula is C15H20FNO2. The summed E-state index contributed by atoms with van der Waals surface area (Å²) in [7, 11) is 0. The molecular weight excluding hydrogens is 245 g/mol. The Morgan fingerprint density at radius 3 is 2.79 bits per heavy atom. The van der Waals surface area contributed by atoms with Crippen LogP contribution in [0.25, 0.3) is 0 Å². The van der Waals surface area contributed by atoms with Gasteiger partial charge in [0, 0.05) is 12.1 Å². The van der Waals surface area contributed by atoms with Gasteiger partial charge in [-0.1, -0.05) is 25.3 Å². The van der Waals surface area contributed by atoms with Crippen molar-refractivity contribution in [3.63, 3.8) is 0 Å². The highest BCUT2D eigenvalue weighted by atomic mass is 19.1. The van der Waals surface area contributed by atoms with Crippen LogP contribution in [0.15, 0.2) is 24.3 Å². The van der Waals surface area contributed by atoms with Crippen molar-refractivity contribution in [3.8, 4) is 0 Å². The highest BCUT2D eigenvalue weighted by Gasteiger charge is 2.22. The zero-order chi connectivity index (χ0) is 13.7. The molecule has 1 fully saturated rings. The average molecular weight is 265 g/mol. The second kappa shape index (κ2) is 6.66. The molecule has 0 aromatic heterocycles. The number of benzene rings is 1. The minimum Gasteiger partial charge on any atom is -0.391 e. The lowest BCUT2D eigenvalue weighted by molar-refractivity contribution is 0.0738. The number of aliphatic hydroxyl groups is 1. The highest BCUT2D eigenvalue weighted by Crippen LogP contribution is 2.26. The molecule has 2 rings (SSSR count). The molecule has 104 valence electrons. The van der Waals surface area contributed by atoms with E-state index in [4.69, 9.17) is 0 Å². The van der Waals surface area contributed by atoms with Gasteiger partial charge in [-0.05, 0) is 37.0 Å². The monoisotopic (exact) mass is 265 g/mol. The van der Waals surface area contributed by atoms with Crippen molar-refractivity contribution in [1.82, 2.24) is 5.32 Å². The maximum Gasteiger partial charge on any atom is 0.251 e. The van der Waals surface area contributed by atoms with E-state index in [1.165, 1.54) is 24.6 Å². The lowest BCUT2D eigenvalue weighted by atomic mass is 9.85. The third kappa shape index (κ3) is 4.03. The van der Waals surface area contributed by atoms with Crippen LogP contribution in [0.5, 0.6) is 0 Å². The molecule has 4 heteroatoms. The average Bonchev–Trinajstić information content (AvgIpc) is 2.45. The molecule has 3 nitrogen and oxygen atoms in total. The van der Waals surface area contributed by atoms with E-state index in [2.05, 4.69) is 5.32 Å². The normalized spacial score (nSPS) is 18.0. The Balaban J connectivity index is 1.82. The number of amides is 1. The van der Waals surface area contributed by atoms with Crippen molar-refractivity contribution in [2.75, 3.05) is 6.54 Å². The van der Waals surface area contributed by atoms with Crippen LogP contribution in [0.4, 0.5) is 4.39 Å². The SMILES string of the molecule is O=C(NCC(O)C1CCCCC1)c1cccc(F)c1. The van der Waals surface area contributed by atoms with Crippen molar-refractivity contribution >= 4 is 5.91 Å². The van der Waals surface area contributed by atoms with Crippen molar-refractivity contribution in [2.24, 2.45) is 5.92 Å². The summed E-state index contributed by atoms with van der Waals surface area (Å²) >= 11 is 0. The summed E-state index contributed by atoms with van der Waals surface area (Å²) in [5.41, 5.74) is 0.288. The third-order valence-electron chi connectivity index (χ3n) is 3.75. The van der Waals surface area contributed by atoms with Gasteiger partial charge in [-0.15, -0.1) is 0 Å². The minimum absolute atomic E-state index is 0.236. The highest BCUT2D eigenvalue weighted by molar-refractivity contribution is 5.94. The fourth-order valence-corrected chi connectivity index (χ4v) is 2.61. The zero-order valence-corrected chi connectivity index (χ0v) is 10.9. The van der Waals surface area contributed by atoms with Gasteiger partial charge in [-0.2, -0.15) is 0 Å². The first-order valence-corrected chi connectivity index (χ1v) is 6.88. The molecule has 1 aromatic rings. The topological polar surface area (TPSA) is 49.3 Å². The zero-order valence-electron chi connectivity index (χ0n) is 10.9. The molecule has 1 unspecified atom stereocenters. The summed E-state index contributed by atoms with van der Waals surface area (Å²) in [5, 5.41) is 12.7. The van der Waals surface area contributed by atoms with Crippen molar-refractivity contribution < 1.29 is 14.3 Å². The molecule has 19 heavy (non-hydrogen) atoms. The van der Waals surface area contributed by atoms with E-state index >= 15 is 0 Å². The van der Waals surface area contributed by atoms with Crippen LogP contribution in [0, 0.1) is 11.7 Å². The maximum absolute atomic E-state index is 13.0. The first-order chi connectivity index (χ1) is 9.16. The Hall–Kier alpha value is -1.42. The van der Waals surface area contributed by atoms with E-state index in [0.29, 0.717) is 0 Å². The third-order valence-corrected chi connectivity index (χ3v) is 3.75. The summed E-state index contributed by atoms with van der Waals surface area (Å²) in [4.78, 5) is 11.8. The van der Waals surface area contributed by atoms with Crippen molar-refractivity contribution in [3.05, 3.63) is 35.6 Å². The second-order valence-electron chi connectivity index (χ2n) is 5.19. The molecule has 0 saturated heterocycles. The van der Waals surface area contributed by atoms with E-state index in [9.17, 15) is 14.3 Å². The number of carbonyl (C=O) groups excluding carboxylic acids is 1. The summed E-state index contributed by atoms with van der Waals surface area (Å²) in [6, 6.07) is 5.56. The molecule has 0 heterocycles. The van der Waals surface area contributed by atoms with E-state index in [0.717, 1.165) is 25.7 Å². The van der Waals surface area contributed by atoms with Crippen LogP contribution in [0.2, 0.25) is 0 Å². The Morgan fingerprint density at radius 2 is 2.11 bits per heavy atom. The lowest BCUT2D eigenvalue weighted by Crippen LogP contribution is -2.37. The van der Waals surface area contributed by atoms with Gasteiger partial charge in [0.25, 0.3) is 5.91 Å². The Labute approximate surface area is 112 Å². The van der Waals surface area contributed by atoms with Crippen LogP contribution < -0.4 is 5.32 Å². The van der Waals surface area contributed by atoms with Crippen molar-refractivity contribution in [2.45, 2.75) is 38.2 Å². The van der Waals surface area contributed by atoms with Crippen LogP contribution in [0.3, 0.4) is 0 Å². The van der Waals surface area contributed by atoms with E-state index < -0.39 is 11.9 Å². The summed E-state index contributed by atoms with van der Waals surface area (Å²) in [6.07, 6.45) is 5.09. The van der Waals surface area contributed by atoms with Gasteiger partial charge >= 0.3 is 0 Å². The van der Waals surface area contributed by atoms with Crippen LogP contribution in [-0.2, 0) is 0 Å². The molecule has 1 saturated carbocycles. The molecule has 2 N–H and O–H groups in total. The number of halogens is 1. The number of aliphatic hydroxyl groups excluding tert-OH is 1. The Bertz CT molecular complexity index is 430. The molecule has 1 amide bonds. The quantitative estimate of drug-likeness (QED) is 0.878. The van der Waals surface area contributed by atoms with Gasteiger partial charge in [0.1, 0.15) is 5.82 Å². The number of rotatable bonds is 4. The molecule has 1 aliphatic rings. The van der Waals surface area contributed by atoms with Crippen LogP contribution in [-0.4, -0.2) is 23.7 Å². The van der Waals surface area contributed by atoms with Gasteiger partial charge in [-0.25, -0.2) is 4.39 Å². The second-order valence-corrected chi connectivity index (χ2v) is 5.19. The van der Waals surface area contributed by atoms with Crippen LogP contribution in [0.1, 0.15) is 42.5 Å². The van der Waals surface area contributed by atoms with Gasteiger partial charge in [0.05, 0.1) is 6.10 Å². The molecule has 1 aromatic carbocycles. The largest absolute Gasteiger partial charge is 0.391 e. The molecule has 0 spiro atoms. The van der Waals surface area contributed by atoms with E-state index in [1.807, 2.05) is 0 Å². The Morgan fingerprint density at radius 1 is 1.37 bits per heavy atom. The fourth-order valence-electron chi connectivity index (χ4n) is 2.61. The van der Waals surface area contributed by atoms with E-state index in [-0.39, 0.29) is 23.9 Å². The predicted octanol–water partition coefficient (Wildman–Crippen LogP) is 2.50. The summed E-state index contributed by atoms with van der Waals surface area (Å²) in [6.45, 7) is 0.236. The van der Waals surface area contributed by atoms with Gasteiger partial charge < -0.3 is 10.4 Å². The number of hydrogen-bond acceptors (Lipinski definition) is 2. The van der Waals surface area contributed by atoms with E-state index in [1.54, 1.807) is 6.07 Å². The van der Waals surface area contributed by atoms with Gasteiger partial charge in [0.2, 0.25) is 0 Å². The smallest absolute Gasteiger partial charge is 0.251 e. The molecule has 0 radical (unpaired) electrons. The van der Waals surface area contributed by atoms with Gasteiger partial charge in [-0.3, -0.25) is 4.79 Å². The molecule has 0 bridgehead atoms. The van der Waals surface area contributed by atoms with Gasteiger partial charge in [0.15, 0.2) is 0 Å². The first-order valence-electron chi connectivity index (χ1n) is 6.88. The first kappa shape index (κ1) is 14.0. The van der Waals surface area contributed by atoms with Crippen LogP contribution >= 0.6 is 0 Å². The fraction of sp³-hybridized carbons (Fsp3) is 0.533. The standard InChI is InChI=1S/C15H20FNO2/c16-13-8-4-7-12(9-13)15(19)17-10-14(18)11-5-2-1-3-6-11/h4,7-9,11,14,18H,1-3,5-6,10H2,(H,17,19). The minimum atomic E-state index is -0.502. The number of nitrogens with one attached hydrogen (secondary N) is 1.